The Morgan fingerprint density at radius 2 is 1.56 bits per heavy atom. The van der Waals surface area contributed by atoms with Crippen molar-refractivity contribution in [2.24, 2.45) is 0 Å². The number of alkyl halides is 3. The first-order valence-electron chi connectivity index (χ1n) is 11.5. The van der Waals surface area contributed by atoms with Crippen LogP contribution in [0.3, 0.4) is 0 Å². The number of halogens is 3. The predicted molar refractivity (Wildman–Crippen MR) is 124 cm³/mol. The molecular formula is C24H36F3N3O4. The van der Waals surface area contributed by atoms with Gasteiger partial charge in [0.2, 0.25) is 5.91 Å². The lowest BCUT2D eigenvalue weighted by molar-refractivity contribution is -0.192. The molecule has 192 valence electrons. The van der Waals surface area contributed by atoms with Crippen LogP contribution in [-0.2, 0) is 15.0 Å². The van der Waals surface area contributed by atoms with Crippen LogP contribution in [-0.4, -0.2) is 78.1 Å². The number of hydrogen-bond acceptors (Lipinski definition) is 4. The highest BCUT2D eigenvalue weighted by molar-refractivity contribution is 5.94. The van der Waals surface area contributed by atoms with Crippen LogP contribution in [0, 0.1) is 0 Å². The fourth-order valence-corrected chi connectivity index (χ4v) is 3.26. The van der Waals surface area contributed by atoms with E-state index in [4.69, 9.17) is 9.90 Å². The van der Waals surface area contributed by atoms with E-state index in [1.807, 2.05) is 34.1 Å². The Hall–Kier alpha value is -2.62. The summed E-state index contributed by atoms with van der Waals surface area (Å²) >= 11 is 0. The van der Waals surface area contributed by atoms with Crippen molar-refractivity contribution >= 4 is 17.8 Å². The molecule has 1 heterocycles. The van der Waals surface area contributed by atoms with Crippen molar-refractivity contribution in [3.05, 3.63) is 35.4 Å². The van der Waals surface area contributed by atoms with Crippen LogP contribution in [0.4, 0.5) is 13.2 Å². The molecule has 0 bridgehead atoms. The Labute approximate surface area is 199 Å². The first kappa shape index (κ1) is 29.4. The molecule has 34 heavy (non-hydrogen) atoms. The predicted octanol–water partition coefficient (Wildman–Crippen LogP) is 3.68. The number of carboxylic acids is 1. The van der Waals surface area contributed by atoms with Crippen LogP contribution in [0.5, 0.6) is 0 Å². The Morgan fingerprint density at radius 3 is 2.00 bits per heavy atom. The van der Waals surface area contributed by atoms with Gasteiger partial charge in [-0.05, 0) is 29.5 Å². The van der Waals surface area contributed by atoms with Gasteiger partial charge in [0.15, 0.2) is 0 Å². The third-order valence-electron chi connectivity index (χ3n) is 5.37. The van der Waals surface area contributed by atoms with E-state index in [2.05, 4.69) is 33.0 Å². The molecule has 10 heteroatoms. The van der Waals surface area contributed by atoms with E-state index >= 15 is 0 Å². The zero-order valence-corrected chi connectivity index (χ0v) is 20.4. The maximum atomic E-state index is 13.0. The molecule has 1 aromatic carbocycles. The lowest BCUT2D eigenvalue weighted by Gasteiger charge is -2.29. The van der Waals surface area contributed by atoms with Crippen molar-refractivity contribution in [1.29, 1.82) is 0 Å². The molecular weight excluding hydrogens is 451 g/mol. The van der Waals surface area contributed by atoms with E-state index in [1.54, 1.807) is 0 Å². The van der Waals surface area contributed by atoms with Crippen LogP contribution in [0.2, 0.25) is 0 Å². The van der Waals surface area contributed by atoms with Crippen molar-refractivity contribution in [2.75, 3.05) is 39.3 Å². The van der Waals surface area contributed by atoms with Gasteiger partial charge in [-0.2, -0.15) is 13.2 Å². The van der Waals surface area contributed by atoms with Crippen molar-refractivity contribution in [1.82, 2.24) is 15.1 Å². The highest BCUT2D eigenvalue weighted by Crippen LogP contribution is 2.22. The Balaban J connectivity index is 0.000000718. The zero-order valence-electron chi connectivity index (χ0n) is 20.4. The molecule has 7 nitrogen and oxygen atoms in total. The van der Waals surface area contributed by atoms with Gasteiger partial charge in [-0.25, -0.2) is 4.79 Å². The van der Waals surface area contributed by atoms with Gasteiger partial charge in [0.1, 0.15) is 0 Å². The number of aliphatic carboxylic acids is 1. The second-order valence-electron chi connectivity index (χ2n) is 9.16. The van der Waals surface area contributed by atoms with Crippen LogP contribution < -0.4 is 5.32 Å². The third-order valence-corrected chi connectivity index (χ3v) is 5.37. The number of nitrogens with one attached hydrogen (secondary N) is 1. The SMILES string of the molecule is CCCCN(CCC(=O)N1CCNCC1)C(=O)c1ccc(C(C)(C)C)cc1.O=C(O)C(F)(F)F. The number of unbranched alkanes of at least 4 members (excludes halogenated alkanes) is 1. The van der Waals surface area contributed by atoms with Crippen LogP contribution in [0.25, 0.3) is 0 Å². The standard InChI is InChI=1S/C22H35N3O2.C2HF3O2/c1-5-6-14-25(15-11-20(26)24-16-12-23-13-17-24)21(27)18-7-9-19(10-8-18)22(2,3)4;3-2(4,5)1(6)7/h7-10,23H,5-6,11-17H2,1-4H3;(H,6,7). The minimum absolute atomic E-state index is 0.0250. The molecule has 0 radical (unpaired) electrons. The van der Waals surface area contributed by atoms with E-state index in [0.717, 1.165) is 39.0 Å². The fraction of sp³-hybridized carbons (Fsp3) is 0.625. The fourth-order valence-electron chi connectivity index (χ4n) is 3.26. The molecule has 2 amide bonds. The molecule has 1 saturated heterocycles. The summed E-state index contributed by atoms with van der Waals surface area (Å²) < 4.78 is 31.7. The van der Waals surface area contributed by atoms with Crippen LogP contribution in [0.1, 0.15) is 62.9 Å². The molecule has 0 aromatic heterocycles. The largest absolute Gasteiger partial charge is 0.490 e. The third kappa shape index (κ3) is 10.1. The molecule has 2 rings (SSSR count). The molecule has 2 N–H and O–H groups in total. The van der Waals surface area contributed by atoms with Crippen LogP contribution in [0.15, 0.2) is 24.3 Å². The van der Waals surface area contributed by atoms with Gasteiger partial charge in [-0.3, -0.25) is 9.59 Å². The summed E-state index contributed by atoms with van der Waals surface area (Å²) in [6, 6.07) is 7.91. The normalized spacial score (nSPS) is 14.1. The average molecular weight is 488 g/mol. The molecule has 1 aromatic rings. The summed E-state index contributed by atoms with van der Waals surface area (Å²) in [7, 11) is 0. The summed E-state index contributed by atoms with van der Waals surface area (Å²) in [6.45, 7) is 13.0. The molecule has 0 atom stereocenters. The van der Waals surface area contributed by atoms with Gasteiger partial charge in [-0.15, -0.1) is 0 Å². The number of piperazine rings is 1. The molecule has 1 aliphatic heterocycles. The van der Waals surface area contributed by atoms with E-state index in [0.29, 0.717) is 25.1 Å². The quantitative estimate of drug-likeness (QED) is 0.613. The summed E-state index contributed by atoms with van der Waals surface area (Å²) in [5, 5.41) is 10.4. The van der Waals surface area contributed by atoms with E-state index in [-0.39, 0.29) is 17.2 Å². The maximum Gasteiger partial charge on any atom is 0.490 e. The van der Waals surface area contributed by atoms with Gasteiger partial charge in [0.05, 0.1) is 0 Å². The highest BCUT2D eigenvalue weighted by atomic mass is 19.4. The summed E-state index contributed by atoms with van der Waals surface area (Å²) in [6.07, 6.45) is -2.71. The first-order valence-corrected chi connectivity index (χ1v) is 11.5. The number of nitrogens with zero attached hydrogens (tertiary/aromatic N) is 2. The average Bonchev–Trinajstić information content (AvgIpc) is 2.78. The first-order chi connectivity index (χ1) is 15.8. The molecule has 0 spiro atoms. The number of carbonyl (C=O) groups excluding carboxylic acids is 2. The summed E-state index contributed by atoms with van der Waals surface area (Å²) in [4.78, 5) is 38.1. The van der Waals surface area contributed by atoms with Gasteiger partial charge in [-0.1, -0.05) is 46.2 Å². The number of benzene rings is 1. The lowest BCUT2D eigenvalue weighted by Crippen LogP contribution is -2.47. The van der Waals surface area contributed by atoms with Gasteiger partial charge < -0.3 is 20.2 Å². The summed E-state index contributed by atoms with van der Waals surface area (Å²) in [5.74, 6) is -2.58. The minimum atomic E-state index is -5.08. The Bertz CT molecular complexity index is 799. The number of amides is 2. The maximum absolute atomic E-state index is 13.0. The molecule has 0 aliphatic carbocycles. The molecule has 1 aliphatic rings. The van der Waals surface area contributed by atoms with E-state index in [1.165, 1.54) is 5.56 Å². The Morgan fingerprint density at radius 1 is 1.03 bits per heavy atom. The number of rotatable bonds is 7. The van der Waals surface area contributed by atoms with Crippen LogP contribution >= 0.6 is 0 Å². The smallest absolute Gasteiger partial charge is 0.475 e. The molecule has 1 fully saturated rings. The highest BCUT2D eigenvalue weighted by Gasteiger charge is 2.38. The molecule has 0 unspecified atom stereocenters. The van der Waals surface area contributed by atoms with E-state index in [9.17, 15) is 22.8 Å². The Kier molecular flexibility index (Phi) is 11.5. The minimum Gasteiger partial charge on any atom is -0.475 e. The topological polar surface area (TPSA) is 90.0 Å². The van der Waals surface area contributed by atoms with Gasteiger partial charge in [0, 0.05) is 51.3 Å². The van der Waals surface area contributed by atoms with Crippen molar-refractivity contribution in [3.63, 3.8) is 0 Å². The summed E-state index contributed by atoms with van der Waals surface area (Å²) in [5.41, 5.74) is 1.99. The van der Waals surface area contributed by atoms with Crippen molar-refractivity contribution < 1.29 is 32.7 Å². The monoisotopic (exact) mass is 487 g/mol. The lowest BCUT2D eigenvalue weighted by atomic mass is 9.86. The van der Waals surface area contributed by atoms with Gasteiger partial charge in [0.25, 0.3) is 5.91 Å². The number of hydrogen-bond donors (Lipinski definition) is 2. The number of carbonyl (C=O) groups is 3. The van der Waals surface area contributed by atoms with Crippen molar-refractivity contribution in [2.45, 2.75) is 58.5 Å². The van der Waals surface area contributed by atoms with Gasteiger partial charge >= 0.3 is 12.1 Å². The van der Waals surface area contributed by atoms with E-state index < -0.39 is 12.1 Å². The second kappa shape index (κ2) is 13.3. The second-order valence-corrected chi connectivity index (χ2v) is 9.16. The number of carboxylic acid groups (broad SMARTS) is 1. The molecule has 0 saturated carbocycles. The van der Waals surface area contributed by atoms with Crippen molar-refractivity contribution in [3.8, 4) is 0 Å². The zero-order chi connectivity index (χ0) is 25.9.